The van der Waals surface area contributed by atoms with E-state index in [0.29, 0.717) is 11.7 Å². The average Bonchev–Trinajstić information content (AvgIpc) is 3.15. The number of nitrogens with zero attached hydrogens (tertiary/aromatic N) is 4. The molecule has 7 heteroatoms. The van der Waals surface area contributed by atoms with Gasteiger partial charge in [-0.25, -0.2) is 15.0 Å². The van der Waals surface area contributed by atoms with Crippen LogP contribution in [0, 0.1) is 0 Å². The number of rotatable bonds is 3. The molecule has 0 aliphatic heterocycles. The molecule has 0 bridgehead atoms. The summed E-state index contributed by atoms with van der Waals surface area (Å²) in [4.78, 5) is 22.8. The molecular formula is C26H25N7. The van der Waals surface area contributed by atoms with Gasteiger partial charge in [-0.1, -0.05) is 24.6 Å². The zero-order chi connectivity index (χ0) is 22.2. The van der Waals surface area contributed by atoms with Crippen LogP contribution in [0.1, 0.15) is 49.3 Å². The van der Waals surface area contributed by atoms with Crippen LogP contribution in [0.25, 0.3) is 44.2 Å². The van der Waals surface area contributed by atoms with Crippen LogP contribution in [0.5, 0.6) is 0 Å². The number of H-pyrrole nitrogens is 1. The highest BCUT2D eigenvalue weighted by Crippen LogP contribution is 2.46. The number of hydrogen-bond acceptors (Lipinski definition) is 6. The maximum atomic E-state index is 6.93. The highest BCUT2D eigenvalue weighted by molar-refractivity contribution is 6.12. The Hall–Kier alpha value is -3.42. The minimum absolute atomic E-state index is 0.110. The molecule has 0 spiro atoms. The van der Waals surface area contributed by atoms with Crippen molar-refractivity contribution in [3.63, 3.8) is 0 Å². The zero-order valence-corrected chi connectivity index (χ0v) is 18.3. The molecule has 0 saturated heterocycles. The molecule has 5 N–H and O–H groups in total. The van der Waals surface area contributed by atoms with Gasteiger partial charge in [-0.15, -0.1) is 0 Å². The predicted octanol–water partition coefficient (Wildman–Crippen LogP) is 4.26. The van der Waals surface area contributed by atoms with Gasteiger partial charge < -0.3 is 16.5 Å². The van der Waals surface area contributed by atoms with Crippen molar-refractivity contribution < 1.29 is 0 Å². The van der Waals surface area contributed by atoms with Gasteiger partial charge in [0.15, 0.2) is 5.82 Å². The van der Waals surface area contributed by atoms with Crippen LogP contribution in [-0.2, 0) is 5.54 Å². The maximum Gasteiger partial charge on any atom is 0.161 e. The lowest BCUT2D eigenvalue weighted by Gasteiger charge is -2.43. The summed E-state index contributed by atoms with van der Waals surface area (Å²) < 4.78 is 0. The van der Waals surface area contributed by atoms with E-state index in [1.165, 1.54) is 24.8 Å². The third-order valence-electron chi connectivity index (χ3n) is 7.55. The summed E-state index contributed by atoms with van der Waals surface area (Å²) in [5.41, 5.74) is 18.4. The van der Waals surface area contributed by atoms with Gasteiger partial charge in [0.05, 0.1) is 22.9 Å². The van der Waals surface area contributed by atoms with Crippen molar-refractivity contribution in [2.45, 2.75) is 49.6 Å². The maximum absolute atomic E-state index is 6.93. The average molecular weight is 436 g/mol. The molecule has 0 amide bonds. The fourth-order valence-corrected chi connectivity index (χ4v) is 5.64. The molecule has 2 fully saturated rings. The number of hydrogen-bond donors (Lipinski definition) is 3. The lowest BCUT2D eigenvalue weighted by atomic mass is 9.69. The summed E-state index contributed by atoms with van der Waals surface area (Å²) in [5.74, 6) is 1.17. The molecule has 164 valence electrons. The first-order valence-corrected chi connectivity index (χ1v) is 11.7. The number of aromatic nitrogens is 5. The molecule has 2 aliphatic carbocycles. The van der Waals surface area contributed by atoms with E-state index in [-0.39, 0.29) is 6.04 Å². The molecule has 5 aromatic rings. The van der Waals surface area contributed by atoms with Gasteiger partial charge in [0.25, 0.3) is 0 Å². The topological polar surface area (TPSA) is 119 Å². The van der Waals surface area contributed by atoms with E-state index in [2.05, 4.69) is 27.1 Å². The Kier molecular flexibility index (Phi) is 3.93. The fourth-order valence-electron chi connectivity index (χ4n) is 5.64. The monoisotopic (exact) mass is 435 g/mol. The first-order valence-electron chi connectivity index (χ1n) is 11.7. The van der Waals surface area contributed by atoms with Crippen LogP contribution in [-0.4, -0.2) is 31.0 Å². The zero-order valence-electron chi connectivity index (χ0n) is 18.3. The van der Waals surface area contributed by atoms with Gasteiger partial charge in [-0.05, 0) is 49.3 Å². The van der Waals surface area contributed by atoms with Crippen LogP contribution in [0.2, 0.25) is 0 Å². The van der Waals surface area contributed by atoms with E-state index >= 15 is 0 Å². The predicted molar refractivity (Wildman–Crippen MR) is 130 cm³/mol. The van der Waals surface area contributed by atoms with Gasteiger partial charge in [0.1, 0.15) is 5.65 Å². The Bertz CT molecular complexity index is 1540. The van der Waals surface area contributed by atoms with Crippen molar-refractivity contribution in [3.8, 4) is 11.4 Å². The van der Waals surface area contributed by atoms with E-state index in [1.54, 1.807) is 6.20 Å². The molecule has 7 nitrogen and oxygen atoms in total. The first kappa shape index (κ1) is 19.1. The molecule has 0 radical (unpaired) electrons. The lowest BCUT2D eigenvalue weighted by Crippen LogP contribution is -2.55. The van der Waals surface area contributed by atoms with Gasteiger partial charge in [0.2, 0.25) is 0 Å². The Balaban J connectivity index is 1.53. The van der Waals surface area contributed by atoms with Crippen LogP contribution in [0.4, 0.5) is 0 Å². The summed E-state index contributed by atoms with van der Waals surface area (Å²) >= 11 is 0. The van der Waals surface area contributed by atoms with Crippen molar-refractivity contribution >= 4 is 32.8 Å². The molecule has 7 rings (SSSR count). The largest absolute Gasteiger partial charge is 0.339 e. The molecular weight excluding hydrogens is 410 g/mol. The Morgan fingerprint density at radius 1 is 1.00 bits per heavy atom. The van der Waals surface area contributed by atoms with E-state index in [1.807, 2.05) is 30.6 Å². The second kappa shape index (κ2) is 6.79. The second-order valence-electron chi connectivity index (χ2n) is 9.72. The number of fused-ring (bicyclic) bond motifs is 4. The number of nitrogens with one attached hydrogen (secondary N) is 1. The molecule has 4 heterocycles. The number of aromatic amines is 1. The molecule has 2 aliphatic rings. The smallest absolute Gasteiger partial charge is 0.161 e. The third kappa shape index (κ3) is 2.76. The first-order chi connectivity index (χ1) is 16.1. The van der Waals surface area contributed by atoms with Crippen molar-refractivity contribution in [3.05, 3.63) is 60.2 Å². The van der Waals surface area contributed by atoms with Gasteiger partial charge in [-0.3, -0.25) is 4.98 Å². The molecule has 2 saturated carbocycles. The summed E-state index contributed by atoms with van der Waals surface area (Å²) in [7, 11) is 0. The molecule has 1 aromatic carbocycles. The van der Waals surface area contributed by atoms with E-state index in [4.69, 9.17) is 21.4 Å². The Labute approximate surface area is 190 Å². The van der Waals surface area contributed by atoms with Crippen LogP contribution >= 0.6 is 0 Å². The standard InChI is InChI=1S/C26H25N7/c27-15-10-26(28,11-15)23-22-18(14-4-3-5-14)12-29-13-20(22)32-24(33-23)17-8-9-30-25-21(17)16-6-1-2-7-19(16)31-25/h1-2,6-9,12-15H,3-5,10-11,27-28H2,(H,30,31)/t15-,26+. The highest BCUT2D eigenvalue weighted by Gasteiger charge is 2.44. The summed E-state index contributed by atoms with van der Waals surface area (Å²) in [6, 6.07) is 10.3. The van der Waals surface area contributed by atoms with Crippen LogP contribution in [0.3, 0.4) is 0 Å². The Morgan fingerprint density at radius 2 is 1.85 bits per heavy atom. The summed E-state index contributed by atoms with van der Waals surface area (Å²) in [6.45, 7) is 0. The summed E-state index contributed by atoms with van der Waals surface area (Å²) in [5, 5.41) is 3.21. The van der Waals surface area contributed by atoms with Gasteiger partial charge in [0, 0.05) is 45.7 Å². The lowest BCUT2D eigenvalue weighted by molar-refractivity contribution is 0.207. The number of nitrogens with two attached hydrogens (primary N) is 2. The third-order valence-corrected chi connectivity index (χ3v) is 7.55. The van der Waals surface area contributed by atoms with Crippen LogP contribution in [0.15, 0.2) is 48.9 Å². The molecule has 33 heavy (non-hydrogen) atoms. The van der Waals surface area contributed by atoms with E-state index in [9.17, 15) is 0 Å². The van der Waals surface area contributed by atoms with E-state index in [0.717, 1.165) is 56.9 Å². The minimum atomic E-state index is -0.540. The van der Waals surface area contributed by atoms with Gasteiger partial charge >= 0.3 is 0 Å². The normalized spacial score (nSPS) is 23.2. The highest BCUT2D eigenvalue weighted by atomic mass is 15.0. The van der Waals surface area contributed by atoms with Crippen LogP contribution < -0.4 is 11.5 Å². The minimum Gasteiger partial charge on any atom is -0.339 e. The second-order valence-corrected chi connectivity index (χ2v) is 9.72. The summed E-state index contributed by atoms with van der Waals surface area (Å²) in [6.07, 6.45) is 10.7. The molecule has 4 aromatic heterocycles. The SMILES string of the molecule is N[C@H]1C[C@](N)(c2nc(-c3ccnc4[nH]c5ccccc5c34)nc3cncc(C4CCC4)c32)C1. The number of pyridine rings is 2. The van der Waals surface area contributed by atoms with E-state index < -0.39 is 5.54 Å². The van der Waals surface area contributed by atoms with Gasteiger partial charge in [-0.2, -0.15) is 0 Å². The number of para-hydroxylation sites is 1. The molecule has 0 atom stereocenters. The van der Waals surface area contributed by atoms with Crippen molar-refractivity contribution in [1.29, 1.82) is 0 Å². The van der Waals surface area contributed by atoms with Crippen molar-refractivity contribution in [2.75, 3.05) is 0 Å². The quantitative estimate of drug-likeness (QED) is 0.389. The number of benzene rings is 1. The van der Waals surface area contributed by atoms with Crippen molar-refractivity contribution in [1.82, 2.24) is 24.9 Å². The van der Waals surface area contributed by atoms with Crippen molar-refractivity contribution in [2.24, 2.45) is 11.5 Å². The Morgan fingerprint density at radius 3 is 2.64 bits per heavy atom. The fraction of sp³-hybridized carbons (Fsp3) is 0.308. The molecule has 0 unspecified atom stereocenters.